The number of hydrogen-bond donors (Lipinski definition) is 4. The molecule has 0 bridgehead atoms. The molecule has 0 aromatic carbocycles. The predicted molar refractivity (Wildman–Crippen MR) is 130 cm³/mol. The summed E-state index contributed by atoms with van der Waals surface area (Å²) in [4.78, 5) is 13.0. The van der Waals surface area contributed by atoms with E-state index in [1.807, 2.05) is 0 Å². The normalized spacial score (nSPS) is 30.4. The van der Waals surface area contributed by atoms with Gasteiger partial charge in [-0.2, -0.15) is 13.2 Å². The molecule has 0 amide bonds. The molecule has 6 atom stereocenters. The highest BCUT2D eigenvalue weighted by molar-refractivity contribution is 6.67. The topological polar surface area (TPSA) is 120 Å². The zero-order chi connectivity index (χ0) is 26.3. The highest BCUT2D eigenvalue weighted by Crippen LogP contribution is 2.28. The summed E-state index contributed by atoms with van der Waals surface area (Å²) in [6, 6.07) is -0.104. The summed E-state index contributed by atoms with van der Waals surface area (Å²) in [7, 11) is 1.58. The SMILES string of the molecule is COCCNC1=NC(N[C@@H]2C[C@H](CO)[C@@H](O)C2)C(C#CC2CC=C(OCC(F)(F)F)N=C2C)C(Cl)=N1. The van der Waals surface area contributed by atoms with Crippen LogP contribution in [0.15, 0.2) is 26.9 Å². The molecule has 0 spiro atoms. The van der Waals surface area contributed by atoms with Gasteiger partial charge in [-0.1, -0.05) is 23.4 Å². The molecule has 0 radical (unpaired) electrons. The summed E-state index contributed by atoms with van der Waals surface area (Å²) >= 11 is 6.51. The van der Waals surface area contributed by atoms with Gasteiger partial charge < -0.3 is 25.0 Å². The lowest BCUT2D eigenvalue weighted by molar-refractivity contribution is -0.165. The van der Waals surface area contributed by atoms with Crippen molar-refractivity contribution in [3.63, 3.8) is 0 Å². The van der Waals surface area contributed by atoms with Crippen molar-refractivity contribution in [3.8, 4) is 11.8 Å². The van der Waals surface area contributed by atoms with Crippen molar-refractivity contribution >= 4 is 28.4 Å². The number of aliphatic imine (C=N–C) groups is 3. The molecule has 1 saturated carbocycles. The molecule has 3 rings (SSSR count). The van der Waals surface area contributed by atoms with Gasteiger partial charge in [0.1, 0.15) is 17.3 Å². The second kappa shape index (κ2) is 12.9. The summed E-state index contributed by atoms with van der Waals surface area (Å²) in [6.45, 7) is 1.09. The van der Waals surface area contributed by atoms with Crippen LogP contribution in [0.25, 0.3) is 0 Å². The molecule has 0 saturated heterocycles. The fourth-order valence-electron chi connectivity index (χ4n) is 4.12. The Labute approximate surface area is 212 Å². The maximum Gasteiger partial charge on any atom is 0.422 e. The fourth-order valence-corrected chi connectivity index (χ4v) is 4.38. The van der Waals surface area contributed by atoms with Crippen molar-refractivity contribution in [1.29, 1.82) is 0 Å². The maximum absolute atomic E-state index is 12.4. The number of allylic oxidation sites excluding steroid dienone is 1. The third kappa shape index (κ3) is 8.18. The molecule has 36 heavy (non-hydrogen) atoms. The molecule has 0 aromatic heterocycles. The van der Waals surface area contributed by atoms with Crippen LogP contribution in [-0.4, -0.2) is 85.0 Å². The fraction of sp³-hybridized carbons (Fsp3) is 0.696. The van der Waals surface area contributed by atoms with Gasteiger partial charge in [0, 0.05) is 37.9 Å². The first-order valence-electron chi connectivity index (χ1n) is 11.6. The van der Waals surface area contributed by atoms with Gasteiger partial charge >= 0.3 is 6.18 Å². The van der Waals surface area contributed by atoms with Crippen LogP contribution in [0.4, 0.5) is 13.2 Å². The van der Waals surface area contributed by atoms with Crippen LogP contribution < -0.4 is 10.6 Å². The molecule has 0 aromatic rings. The average Bonchev–Trinajstić information content (AvgIpc) is 3.16. The molecular formula is C23H31ClF3N5O4. The average molecular weight is 534 g/mol. The van der Waals surface area contributed by atoms with Crippen molar-refractivity contribution in [2.45, 2.75) is 50.7 Å². The third-order valence-electron chi connectivity index (χ3n) is 6.05. The van der Waals surface area contributed by atoms with Gasteiger partial charge in [-0.25, -0.2) is 15.0 Å². The minimum Gasteiger partial charge on any atom is -0.468 e. The van der Waals surface area contributed by atoms with Crippen molar-refractivity contribution in [1.82, 2.24) is 10.6 Å². The van der Waals surface area contributed by atoms with Gasteiger partial charge in [-0.15, -0.1) is 0 Å². The zero-order valence-electron chi connectivity index (χ0n) is 20.1. The second-order valence-corrected chi connectivity index (χ2v) is 9.24. The predicted octanol–water partition coefficient (Wildman–Crippen LogP) is 1.80. The van der Waals surface area contributed by atoms with E-state index in [0.29, 0.717) is 44.1 Å². The lowest BCUT2D eigenvalue weighted by atomic mass is 9.96. The number of nitrogens with one attached hydrogen (secondary N) is 2. The Kier molecular flexibility index (Phi) is 10.2. The molecular weight excluding hydrogens is 503 g/mol. The number of rotatable bonds is 8. The van der Waals surface area contributed by atoms with E-state index in [1.54, 1.807) is 14.0 Å². The van der Waals surface area contributed by atoms with Crippen molar-refractivity contribution in [3.05, 3.63) is 12.0 Å². The minimum atomic E-state index is -4.44. The summed E-state index contributed by atoms with van der Waals surface area (Å²) < 4.78 is 47.0. The quantitative estimate of drug-likeness (QED) is 0.279. The van der Waals surface area contributed by atoms with E-state index in [1.165, 1.54) is 6.08 Å². The Hall–Kier alpha value is -2.17. The van der Waals surface area contributed by atoms with E-state index in [0.717, 1.165) is 0 Å². The Bertz CT molecular complexity index is 960. The van der Waals surface area contributed by atoms with Crippen LogP contribution in [0.2, 0.25) is 0 Å². The first-order chi connectivity index (χ1) is 17.1. The molecule has 4 N–H and O–H groups in total. The van der Waals surface area contributed by atoms with Gasteiger partial charge in [0.05, 0.1) is 18.6 Å². The lowest BCUT2D eigenvalue weighted by Crippen LogP contribution is -2.46. The number of ether oxygens (including phenoxy) is 2. The van der Waals surface area contributed by atoms with Gasteiger partial charge in [0.25, 0.3) is 0 Å². The Morgan fingerprint density at radius 2 is 2.03 bits per heavy atom. The Balaban J connectivity index is 1.72. The number of nitrogens with zero attached hydrogens (tertiary/aromatic N) is 3. The van der Waals surface area contributed by atoms with E-state index < -0.39 is 31.0 Å². The summed E-state index contributed by atoms with van der Waals surface area (Å²) in [6.07, 6.45) is -2.77. The van der Waals surface area contributed by atoms with Crippen LogP contribution in [0.3, 0.4) is 0 Å². The molecule has 3 aliphatic rings. The van der Waals surface area contributed by atoms with Gasteiger partial charge in [0.2, 0.25) is 11.8 Å². The highest BCUT2D eigenvalue weighted by atomic mass is 35.5. The molecule has 200 valence electrons. The van der Waals surface area contributed by atoms with E-state index in [9.17, 15) is 23.4 Å². The standard InChI is InChI=1S/C23H31ClF3N5O4/c1-13-14(4-6-19(29-13)36-12-23(25,26)27)3-5-17-20(24)31-22(28-7-8-35-2)32-21(17)30-16-9-15(11-33)18(34)10-16/h6,14-18,21,30,33-34H,4,7-12H2,1-2H3,(H,28,32)/t14?,15-,16-,17?,18+,21?/m1/s1. The van der Waals surface area contributed by atoms with Gasteiger partial charge in [-0.3, -0.25) is 5.32 Å². The molecule has 1 fully saturated rings. The largest absolute Gasteiger partial charge is 0.468 e. The molecule has 2 heterocycles. The highest BCUT2D eigenvalue weighted by Gasteiger charge is 2.37. The summed E-state index contributed by atoms with van der Waals surface area (Å²) in [5.74, 6) is 5.34. The van der Waals surface area contributed by atoms with Gasteiger partial charge in [-0.05, 0) is 32.3 Å². The molecule has 2 aliphatic heterocycles. The number of methoxy groups -OCH3 is 1. The third-order valence-corrected chi connectivity index (χ3v) is 6.37. The maximum atomic E-state index is 12.4. The monoisotopic (exact) mass is 533 g/mol. The van der Waals surface area contributed by atoms with Crippen molar-refractivity contribution in [2.75, 3.05) is 33.5 Å². The molecule has 3 unspecified atom stereocenters. The number of aliphatic hydroxyl groups is 2. The van der Waals surface area contributed by atoms with E-state index in [-0.39, 0.29) is 35.5 Å². The molecule has 9 nitrogen and oxygen atoms in total. The van der Waals surface area contributed by atoms with Crippen molar-refractivity contribution < 1.29 is 32.9 Å². The lowest BCUT2D eigenvalue weighted by Gasteiger charge is -2.27. The second-order valence-electron chi connectivity index (χ2n) is 8.85. The Morgan fingerprint density at radius 1 is 1.25 bits per heavy atom. The van der Waals surface area contributed by atoms with Crippen LogP contribution in [0.5, 0.6) is 0 Å². The summed E-state index contributed by atoms with van der Waals surface area (Å²) in [5.41, 5.74) is 0.533. The van der Waals surface area contributed by atoms with Crippen molar-refractivity contribution in [2.24, 2.45) is 32.7 Å². The first-order valence-corrected chi connectivity index (χ1v) is 12.0. The Morgan fingerprint density at radius 3 is 2.67 bits per heavy atom. The smallest absolute Gasteiger partial charge is 0.422 e. The molecule has 1 aliphatic carbocycles. The number of guanidine groups is 1. The first kappa shape index (κ1) is 28.4. The number of aliphatic hydroxyl groups excluding tert-OH is 2. The number of halogens is 4. The van der Waals surface area contributed by atoms with E-state index in [2.05, 4.69) is 37.5 Å². The van der Waals surface area contributed by atoms with E-state index in [4.69, 9.17) is 21.1 Å². The van der Waals surface area contributed by atoms with Crippen LogP contribution in [0, 0.1) is 29.6 Å². The summed E-state index contributed by atoms with van der Waals surface area (Å²) in [5, 5.41) is 26.3. The van der Waals surface area contributed by atoms with E-state index >= 15 is 0 Å². The number of alkyl halides is 3. The minimum absolute atomic E-state index is 0.0747. The number of hydrogen-bond acceptors (Lipinski definition) is 9. The van der Waals surface area contributed by atoms with Crippen LogP contribution in [0.1, 0.15) is 26.2 Å². The van der Waals surface area contributed by atoms with Gasteiger partial charge in [0.15, 0.2) is 6.61 Å². The van der Waals surface area contributed by atoms with Crippen LogP contribution >= 0.6 is 11.6 Å². The van der Waals surface area contributed by atoms with Crippen LogP contribution in [-0.2, 0) is 9.47 Å². The molecule has 13 heteroatoms. The zero-order valence-corrected chi connectivity index (χ0v) is 20.8.